The Balaban J connectivity index is 2.85. The van der Waals surface area contributed by atoms with Gasteiger partial charge in [0, 0.05) is 0 Å². The SMILES string of the molecule is C#CCOc1ccc([C@H](C)O)cc1Cl. The second kappa shape index (κ2) is 4.90. The van der Waals surface area contributed by atoms with Crippen LogP contribution in [0.15, 0.2) is 18.2 Å². The molecule has 2 nitrogen and oxygen atoms in total. The summed E-state index contributed by atoms with van der Waals surface area (Å²) in [5, 5.41) is 9.74. The van der Waals surface area contributed by atoms with Crippen LogP contribution >= 0.6 is 11.6 Å². The first-order valence-electron chi connectivity index (χ1n) is 4.19. The number of hydrogen-bond acceptors (Lipinski definition) is 2. The maximum absolute atomic E-state index is 9.28. The molecule has 1 aromatic carbocycles. The van der Waals surface area contributed by atoms with Crippen molar-refractivity contribution in [3.8, 4) is 18.1 Å². The standard InChI is InChI=1S/C11H11ClO2/c1-3-6-14-11-5-4-9(8(2)13)7-10(11)12/h1,4-5,7-8,13H,6H2,2H3/t8-/m0/s1. The minimum Gasteiger partial charge on any atom is -0.479 e. The molecule has 0 unspecified atom stereocenters. The summed E-state index contributed by atoms with van der Waals surface area (Å²) in [6.45, 7) is 1.86. The minimum atomic E-state index is -0.533. The number of hydrogen-bond donors (Lipinski definition) is 1. The van der Waals surface area contributed by atoms with Crippen molar-refractivity contribution in [3.63, 3.8) is 0 Å². The maximum Gasteiger partial charge on any atom is 0.148 e. The molecule has 0 aliphatic carbocycles. The van der Waals surface area contributed by atoms with Crippen molar-refractivity contribution in [1.29, 1.82) is 0 Å². The van der Waals surface area contributed by atoms with Gasteiger partial charge in [0.25, 0.3) is 0 Å². The largest absolute Gasteiger partial charge is 0.479 e. The third-order valence-electron chi connectivity index (χ3n) is 1.75. The molecule has 0 spiro atoms. The lowest BCUT2D eigenvalue weighted by atomic mass is 10.1. The molecule has 1 aromatic rings. The number of aliphatic hydroxyl groups excluding tert-OH is 1. The Bertz CT molecular complexity index is 353. The van der Waals surface area contributed by atoms with Crippen molar-refractivity contribution in [2.75, 3.05) is 6.61 Å². The van der Waals surface area contributed by atoms with Crippen molar-refractivity contribution in [2.24, 2.45) is 0 Å². The second-order valence-corrected chi connectivity index (χ2v) is 3.27. The number of benzene rings is 1. The van der Waals surface area contributed by atoms with Gasteiger partial charge in [-0.2, -0.15) is 0 Å². The third kappa shape index (κ3) is 2.66. The Morgan fingerprint density at radius 2 is 2.36 bits per heavy atom. The molecule has 0 aliphatic rings. The van der Waals surface area contributed by atoms with Crippen molar-refractivity contribution in [3.05, 3.63) is 28.8 Å². The van der Waals surface area contributed by atoms with E-state index in [1.165, 1.54) is 0 Å². The average Bonchev–Trinajstić information content (AvgIpc) is 2.15. The first kappa shape index (κ1) is 10.9. The van der Waals surface area contributed by atoms with Crippen LogP contribution in [-0.2, 0) is 0 Å². The van der Waals surface area contributed by atoms with Crippen LogP contribution in [-0.4, -0.2) is 11.7 Å². The fourth-order valence-electron chi connectivity index (χ4n) is 1.01. The molecule has 1 atom stereocenters. The summed E-state index contributed by atoms with van der Waals surface area (Å²) in [7, 11) is 0. The maximum atomic E-state index is 9.28. The molecule has 0 amide bonds. The zero-order chi connectivity index (χ0) is 10.6. The highest BCUT2D eigenvalue weighted by Crippen LogP contribution is 2.27. The van der Waals surface area contributed by atoms with Crippen molar-refractivity contribution in [1.82, 2.24) is 0 Å². The van der Waals surface area contributed by atoms with Crippen LogP contribution < -0.4 is 4.74 Å². The molecule has 0 heterocycles. The van der Waals surface area contributed by atoms with Crippen molar-refractivity contribution < 1.29 is 9.84 Å². The van der Waals surface area contributed by atoms with Gasteiger partial charge in [-0.1, -0.05) is 23.6 Å². The molecule has 0 bridgehead atoms. The summed E-state index contributed by atoms with van der Waals surface area (Å²) < 4.78 is 5.17. The van der Waals surface area contributed by atoms with E-state index in [4.69, 9.17) is 22.8 Å². The van der Waals surface area contributed by atoms with Gasteiger partial charge >= 0.3 is 0 Å². The Morgan fingerprint density at radius 1 is 1.64 bits per heavy atom. The van der Waals surface area contributed by atoms with Gasteiger partial charge in [-0.05, 0) is 24.6 Å². The van der Waals surface area contributed by atoms with Gasteiger partial charge < -0.3 is 9.84 Å². The van der Waals surface area contributed by atoms with E-state index in [2.05, 4.69) is 5.92 Å². The number of halogens is 1. The van der Waals surface area contributed by atoms with Crippen LogP contribution in [0.4, 0.5) is 0 Å². The topological polar surface area (TPSA) is 29.5 Å². The highest BCUT2D eigenvalue weighted by molar-refractivity contribution is 6.32. The van der Waals surface area contributed by atoms with E-state index in [0.29, 0.717) is 10.8 Å². The molecule has 0 aliphatic heterocycles. The molecule has 0 radical (unpaired) electrons. The summed E-state index contributed by atoms with van der Waals surface area (Å²) in [5.41, 5.74) is 0.753. The Morgan fingerprint density at radius 3 is 2.86 bits per heavy atom. The van der Waals surface area contributed by atoms with Gasteiger partial charge in [-0.25, -0.2) is 0 Å². The van der Waals surface area contributed by atoms with E-state index in [-0.39, 0.29) is 6.61 Å². The minimum absolute atomic E-state index is 0.188. The van der Waals surface area contributed by atoms with Crippen molar-refractivity contribution in [2.45, 2.75) is 13.0 Å². The number of rotatable bonds is 3. The summed E-state index contributed by atoms with van der Waals surface area (Å²) in [4.78, 5) is 0. The number of aliphatic hydroxyl groups is 1. The molecule has 74 valence electrons. The van der Waals surface area contributed by atoms with E-state index in [1.807, 2.05) is 0 Å². The molecule has 1 rings (SSSR count). The first-order valence-corrected chi connectivity index (χ1v) is 4.56. The van der Waals surface area contributed by atoms with E-state index >= 15 is 0 Å². The summed E-state index contributed by atoms with van der Waals surface area (Å²) >= 11 is 5.90. The second-order valence-electron chi connectivity index (χ2n) is 2.86. The van der Waals surface area contributed by atoms with Crippen LogP contribution in [0.3, 0.4) is 0 Å². The molecule has 1 N–H and O–H groups in total. The molecule has 0 saturated heterocycles. The molecule has 0 fully saturated rings. The highest BCUT2D eigenvalue weighted by atomic mass is 35.5. The third-order valence-corrected chi connectivity index (χ3v) is 2.04. The zero-order valence-electron chi connectivity index (χ0n) is 7.83. The molecule has 0 saturated carbocycles. The average molecular weight is 211 g/mol. The van der Waals surface area contributed by atoms with Crippen LogP contribution in [0.5, 0.6) is 5.75 Å². The molecule has 3 heteroatoms. The van der Waals surface area contributed by atoms with Gasteiger partial charge in [-0.15, -0.1) is 6.42 Å². The van der Waals surface area contributed by atoms with Crippen LogP contribution in [0.1, 0.15) is 18.6 Å². The van der Waals surface area contributed by atoms with Crippen LogP contribution in [0, 0.1) is 12.3 Å². The number of terminal acetylenes is 1. The first-order chi connectivity index (χ1) is 6.65. The Hall–Kier alpha value is -1.17. The van der Waals surface area contributed by atoms with Gasteiger partial charge in [-0.3, -0.25) is 0 Å². The van der Waals surface area contributed by atoms with E-state index in [1.54, 1.807) is 25.1 Å². The van der Waals surface area contributed by atoms with Gasteiger partial charge in [0.2, 0.25) is 0 Å². The normalized spacial score (nSPS) is 11.9. The predicted octanol–water partition coefficient (Wildman–Crippen LogP) is 2.41. The number of ether oxygens (including phenoxy) is 1. The van der Waals surface area contributed by atoms with Gasteiger partial charge in [0.05, 0.1) is 11.1 Å². The quantitative estimate of drug-likeness (QED) is 0.777. The van der Waals surface area contributed by atoms with E-state index in [0.717, 1.165) is 5.56 Å². The highest BCUT2D eigenvalue weighted by Gasteiger charge is 2.05. The molecular weight excluding hydrogens is 200 g/mol. The lowest BCUT2D eigenvalue weighted by molar-refractivity contribution is 0.199. The predicted molar refractivity (Wildman–Crippen MR) is 56.4 cm³/mol. The summed E-state index contributed by atoms with van der Waals surface area (Å²) in [6.07, 6.45) is 4.51. The van der Waals surface area contributed by atoms with Crippen LogP contribution in [0.2, 0.25) is 5.02 Å². The van der Waals surface area contributed by atoms with E-state index in [9.17, 15) is 5.11 Å². The summed E-state index contributed by atoms with van der Waals surface area (Å²) in [6, 6.07) is 5.11. The monoisotopic (exact) mass is 210 g/mol. The van der Waals surface area contributed by atoms with Crippen LogP contribution in [0.25, 0.3) is 0 Å². The van der Waals surface area contributed by atoms with Crippen molar-refractivity contribution >= 4 is 11.6 Å². The lowest BCUT2D eigenvalue weighted by Gasteiger charge is -2.08. The fourth-order valence-corrected chi connectivity index (χ4v) is 1.26. The van der Waals surface area contributed by atoms with Gasteiger partial charge in [0.1, 0.15) is 12.4 Å². The van der Waals surface area contributed by atoms with E-state index < -0.39 is 6.10 Å². The summed E-state index contributed by atoms with van der Waals surface area (Å²) in [5.74, 6) is 2.89. The smallest absolute Gasteiger partial charge is 0.148 e. The fraction of sp³-hybridized carbons (Fsp3) is 0.273. The van der Waals surface area contributed by atoms with Gasteiger partial charge in [0.15, 0.2) is 0 Å². The molecule has 14 heavy (non-hydrogen) atoms. The Kier molecular flexibility index (Phi) is 3.82. The molecule has 0 aromatic heterocycles. The Labute approximate surface area is 88.5 Å². The zero-order valence-corrected chi connectivity index (χ0v) is 8.58. The molecular formula is C11H11ClO2. The lowest BCUT2D eigenvalue weighted by Crippen LogP contribution is -1.96.